The first-order valence-corrected chi connectivity index (χ1v) is 13.1. The van der Waals surface area contributed by atoms with Crippen molar-refractivity contribution >= 4 is 34.6 Å². The lowest BCUT2D eigenvalue weighted by Crippen LogP contribution is -2.59. The van der Waals surface area contributed by atoms with E-state index in [9.17, 15) is 24.0 Å². The number of nitrogens with one attached hydrogen (secondary N) is 1. The molecule has 1 saturated heterocycles. The van der Waals surface area contributed by atoms with Gasteiger partial charge in [-0.2, -0.15) is 5.26 Å². The number of para-hydroxylation sites is 1. The molecular formula is C31H31FN4O3. The Hall–Kier alpha value is -4.09. The van der Waals surface area contributed by atoms with Gasteiger partial charge in [-0.1, -0.05) is 56.3 Å². The van der Waals surface area contributed by atoms with Crippen LogP contribution >= 0.6 is 0 Å². The van der Waals surface area contributed by atoms with E-state index in [1.165, 1.54) is 17.0 Å². The van der Waals surface area contributed by atoms with E-state index in [4.69, 9.17) is 0 Å². The van der Waals surface area contributed by atoms with Crippen molar-refractivity contribution in [3.05, 3.63) is 77.6 Å². The number of nitrogens with zero attached hydrogens (tertiary/aromatic N) is 3. The van der Waals surface area contributed by atoms with Gasteiger partial charge in [0.2, 0.25) is 5.91 Å². The molecule has 0 aromatic heterocycles. The molecule has 2 heterocycles. The van der Waals surface area contributed by atoms with Gasteiger partial charge in [0.05, 0.1) is 17.5 Å². The first kappa shape index (κ1) is 26.5. The molecular weight excluding hydrogens is 495 g/mol. The number of rotatable bonds is 7. The van der Waals surface area contributed by atoms with Gasteiger partial charge in [0.1, 0.15) is 17.6 Å². The van der Waals surface area contributed by atoms with Gasteiger partial charge in [0.15, 0.2) is 0 Å². The molecule has 39 heavy (non-hydrogen) atoms. The number of carbonyl (C=O) groups excluding carboxylic acids is 3. The highest BCUT2D eigenvalue weighted by molar-refractivity contribution is 6.08. The summed E-state index contributed by atoms with van der Waals surface area (Å²) in [6.45, 7) is 4.28. The van der Waals surface area contributed by atoms with Gasteiger partial charge in [0.25, 0.3) is 5.91 Å². The molecule has 1 spiro atoms. The van der Waals surface area contributed by atoms with Gasteiger partial charge in [-0.15, -0.1) is 0 Å². The first-order valence-electron chi connectivity index (χ1n) is 13.1. The second-order valence-electron chi connectivity index (χ2n) is 11.2. The number of nitriles is 1. The lowest BCUT2D eigenvalue weighted by Gasteiger charge is -2.42. The highest BCUT2D eigenvalue weighted by Gasteiger charge is 2.56. The third-order valence-electron chi connectivity index (χ3n) is 8.26. The number of fused-ring (bicyclic) bond motifs is 3. The van der Waals surface area contributed by atoms with E-state index in [2.05, 4.69) is 11.4 Å². The fourth-order valence-electron chi connectivity index (χ4n) is 6.37. The molecule has 1 fully saturated rings. The van der Waals surface area contributed by atoms with Crippen molar-refractivity contribution in [3.63, 3.8) is 0 Å². The molecule has 200 valence electrons. The van der Waals surface area contributed by atoms with Gasteiger partial charge in [0, 0.05) is 36.8 Å². The second kappa shape index (κ2) is 9.90. The Bertz CT molecular complexity index is 1520. The summed E-state index contributed by atoms with van der Waals surface area (Å²) in [4.78, 5) is 43.5. The van der Waals surface area contributed by atoms with Crippen molar-refractivity contribution in [1.29, 1.82) is 5.26 Å². The lowest BCUT2D eigenvalue weighted by atomic mass is 9.80. The van der Waals surface area contributed by atoms with E-state index >= 15 is 0 Å². The first-order chi connectivity index (χ1) is 18.7. The summed E-state index contributed by atoms with van der Waals surface area (Å²) in [5, 5.41) is 13.9. The van der Waals surface area contributed by atoms with Crippen molar-refractivity contribution in [2.75, 3.05) is 25.5 Å². The van der Waals surface area contributed by atoms with Crippen LogP contribution in [0.25, 0.3) is 10.8 Å². The average Bonchev–Trinajstić information content (AvgIpc) is 3.44. The third kappa shape index (κ3) is 4.27. The summed E-state index contributed by atoms with van der Waals surface area (Å²) in [6.07, 6.45) is 1.43. The number of likely N-dealkylation sites (tertiary alicyclic amines) is 1. The topological polar surface area (TPSA) is 93.5 Å². The molecule has 1 N–H and O–H groups in total. The van der Waals surface area contributed by atoms with Gasteiger partial charge >= 0.3 is 0 Å². The Kier molecular flexibility index (Phi) is 6.73. The maximum absolute atomic E-state index is 14.5. The molecule has 0 saturated carbocycles. The zero-order valence-electron chi connectivity index (χ0n) is 22.3. The molecule has 2 aliphatic rings. The SMILES string of the molecule is CC(C)C[C@](C=O)(CN1C[C@]2(C[C@H]1C#N)C(=O)Nc1ccccc12)N(C)C(=O)c1ccc(F)c2ccccc12. The third-order valence-corrected chi connectivity index (χ3v) is 8.26. The van der Waals surface area contributed by atoms with E-state index in [1.54, 1.807) is 31.3 Å². The molecule has 8 heteroatoms. The Morgan fingerprint density at radius 3 is 2.59 bits per heavy atom. The summed E-state index contributed by atoms with van der Waals surface area (Å²) in [5.74, 6) is -0.953. The number of amides is 2. The Morgan fingerprint density at radius 1 is 1.21 bits per heavy atom. The zero-order valence-corrected chi connectivity index (χ0v) is 22.3. The number of carbonyl (C=O) groups is 3. The minimum Gasteiger partial charge on any atom is -0.328 e. The van der Waals surface area contributed by atoms with Gasteiger partial charge in [-0.3, -0.25) is 14.5 Å². The predicted octanol–water partition coefficient (Wildman–Crippen LogP) is 4.52. The van der Waals surface area contributed by atoms with Crippen LogP contribution in [0.2, 0.25) is 0 Å². The summed E-state index contributed by atoms with van der Waals surface area (Å²) in [5.41, 5.74) is -0.306. The summed E-state index contributed by atoms with van der Waals surface area (Å²) in [6, 6.07) is 18.7. The van der Waals surface area contributed by atoms with Crippen LogP contribution in [0.15, 0.2) is 60.7 Å². The molecule has 0 radical (unpaired) electrons. The minimum atomic E-state index is -1.28. The van der Waals surface area contributed by atoms with Gasteiger partial charge in [-0.25, -0.2) is 4.39 Å². The molecule has 3 aromatic carbocycles. The monoisotopic (exact) mass is 526 g/mol. The van der Waals surface area contributed by atoms with Crippen LogP contribution < -0.4 is 5.32 Å². The lowest BCUT2D eigenvalue weighted by molar-refractivity contribution is -0.120. The van der Waals surface area contributed by atoms with Crippen molar-refractivity contribution in [3.8, 4) is 6.07 Å². The van der Waals surface area contributed by atoms with Crippen LogP contribution in [0.1, 0.15) is 42.6 Å². The van der Waals surface area contributed by atoms with Crippen molar-refractivity contribution in [1.82, 2.24) is 9.80 Å². The molecule has 2 amide bonds. The fourth-order valence-corrected chi connectivity index (χ4v) is 6.37. The van der Waals surface area contributed by atoms with Crippen LogP contribution in [0.5, 0.6) is 0 Å². The Morgan fingerprint density at radius 2 is 1.90 bits per heavy atom. The second-order valence-corrected chi connectivity index (χ2v) is 11.2. The van der Waals surface area contributed by atoms with E-state index < -0.39 is 28.7 Å². The molecule has 3 atom stereocenters. The number of hydrogen-bond donors (Lipinski definition) is 1. The average molecular weight is 527 g/mol. The van der Waals surface area contributed by atoms with Crippen LogP contribution in [0.4, 0.5) is 10.1 Å². The van der Waals surface area contributed by atoms with E-state index in [0.29, 0.717) is 29.2 Å². The molecule has 0 unspecified atom stereocenters. The smallest absolute Gasteiger partial charge is 0.255 e. The molecule has 5 rings (SSSR count). The number of anilines is 1. The normalized spacial score (nSPS) is 21.9. The largest absolute Gasteiger partial charge is 0.328 e. The molecule has 2 aliphatic heterocycles. The number of benzene rings is 3. The van der Waals surface area contributed by atoms with Gasteiger partial charge < -0.3 is 15.0 Å². The van der Waals surface area contributed by atoms with Crippen molar-refractivity contribution in [2.45, 2.75) is 43.7 Å². The number of likely N-dealkylation sites (N-methyl/N-ethyl adjacent to an activating group) is 1. The highest BCUT2D eigenvalue weighted by atomic mass is 19.1. The van der Waals surface area contributed by atoms with Crippen molar-refractivity contribution < 1.29 is 18.8 Å². The maximum Gasteiger partial charge on any atom is 0.255 e. The molecule has 7 nitrogen and oxygen atoms in total. The van der Waals surface area contributed by atoms with Gasteiger partial charge in [-0.05, 0) is 47.9 Å². The summed E-state index contributed by atoms with van der Waals surface area (Å²) >= 11 is 0. The Labute approximate surface area is 227 Å². The molecule has 3 aromatic rings. The zero-order chi connectivity index (χ0) is 27.9. The standard InChI is InChI=1S/C31H31FN4O3/c1-20(2)14-30(19-37,35(3)28(38)24-12-13-26(32)23-9-5-4-8-22(23)24)17-36-18-31(15-21(36)16-33)25-10-6-7-11-27(25)34-29(31)39/h4-13,19-21H,14-15,17-18H2,1-3H3,(H,34,39)/t21-,30+,31-/m0/s1. The van der Waals surface area contributed by atoms with Crippen molar-refractivity contribution in [2.24, 2.45) is 5.92 Å². The van der Waals surface area contributed by atoms with E-state index in [0.717, 1.165) is 17.5 Å². The number of aldehydes is 1. The molecule has 0 aliphatic carbocycles. The maximum atomic E-state index is 14.5. The van der Waals surface area contributed by atoms with Crippen LogP contribution in [-0.2, 0) is 15.0 Å². The number of halogens is 1. The van der Waals surface area contributed by atoms with Crippen LogP contribution in [0, 0.1) is 23.1 Å². The van der Waals surface area contributed by atoms with E-state index in [1.807, 2.05) is 43.0 Å². The predicted molar refractivity (Wildman–Crippen MR) is 147 cm³/mol. The fraction of sp³-hybridized carbons (Fsp3) is 0.355. The van der Waals surface area contributed by atoms with Crippen LogP contribution in [-0.4, -0.2) is 59.6 Å². The summed E-state index contributed by atoms with van der Waals surface area (Å²) < 4.78 is 14.5. The highest BCUT2D eigenvalue weighted by Crippen LogP contribution is 2.47. The van der Waals surface area contributed by atoms with Crippen LogP contribution in [0.3, 0.4) is 0 Å². The number of hydrogen-bond acceptors (Lipinski definition) is 5. The van der Waals surface area contributed by atoms with E-state index in [-0.39, 0.29) is 24.9 Å². The minimum absolute atomic E-state index is 0.0445. The summed E-state index contributed by atoms with van der Waals surface area (Å²) in [7, 11) is 1.59. The quantitative estimate of drug-likeness (QED) is 0.457. The molecule has 0 bridgehead atoms. The Balaban J connectivity index is 1.52.